The van der Waals surface area contributed by atoms with Gasteiger partial charge in [-0.05, 0) is 42.8 Å². The number of nitrogens with one attached hydrogen (secondary N) is 1. The first-order valence-electron chi connectivity index (χ1n) is 9.67. The lowest BCUT2D eigenvalue weighted by Gasteiger charge is -2.25. The molecule has 6 nitrogen and oxygen atoms in total. The molecule has 6 heteroatoms. The lowest BCUT2D eigenvalue weighted by atomic mass is 10.1. The van der Waals surface area contributed by atoms with Gasteiger partial charge in [0, 0.05) is 5.69 Å². The molecule has 0 fully saturated rings. The Hall–Kier alpha value is -3.54. The van der Waals surface area contributed by atoms with Crippen LogP contribution in [0.1, 0.15) is 17.0 Å². The molecule has 2 aliphatic heterocycles. The van der Waals surface area contributed by atoms with Gasteiger partial charge in [-0.1, -0.05) is 30.3 Å². The van der Waals surface area contributed by atoms with E-state index in [2.05, 4.69) is 41.1 Å². The number of rotatable bonds is 3. The first-order chi connectivity index (χ1) is 14.2. The monoisotopic (exact) mass is 387 g/mol. The lowest BCUT2D eigenvalue weighted by molar-refractivity contribution is -0.130. The number of aromatic nitrogens is 1. The van der Waals surface area contributed by atoms with Crippen molar-refractivity contribution in [1.82, 2.24) is 9.88 Å². The average molecular weight is 387 g/mol. The zero-order chi connectivity index (χ0) is 19.8. The van der Waals surface area contributed by atoms with Crippen LogP contribution in [0.15, 0.2) is 65.7 Å². The summed E-state index contributed by atoms with van der Waals surface area (Å²) in [7, 11) is 0. The van der Waals surface area contributed by atoms with Crippen molar-refractivity contribution in [1.29, 1.82) is 0 Å². The number of hydrogen-bond acceptors (Lipinski definition) is 4. The molecule has 0 aliphatic carbocycles. The number of ether oxygens (including phenoxy) is 2. The van der Waals surface area contributed by atoms with Crippen LogP contribution < -0.4 is 14.8 Å². The highest BCUT2D eigenvalue weighted by molar-refractivity contribution is 6.03. The molecule has 0 bridgehead atoms. The maximum atomic E-state index is 12.7. The van der Waals surface area contributed by atoms with Crippen LogP contribution in [0.25, 0.3) is 5.69 Å². The Bertz CT molecular complexity index is 1120. The molecule has 29 heavy (non-hydrogen) atoms. The van der Waals surface area contributed by atoms with E-state index < -0.39 is 6.10 Å². The van der Waals surface area contributed by atoms with Gasteiger partial charge in [0.15, 0.2) is 11.5 Å². The van der Waals surface area contributed by atoms with Gasteiger partial charge in [-0.2, -0.15) is 0 Å². The van der Waals surface area contributed by atoms with E-state index >= 15 is 0 Å². The van der Waals surface area contributed by atoms with Crippen LogP contribution in [0.4, 0.5) is 0 Å². The molecule has 2 aromatic carbocycles. The van der Waals surface area contributed by atoms with Gasteiger partial charge >= 0.3 is 0 Å². The fourth-order valence-electron chi connectivity index (χ4n) is 3.79. The van der Waals surface area contributed by atoms with Crippen LogP contribution in [0.2, 0.25) is 0 Å². The number of amides is 1. The maximum Gasteiger partial charge on any atom is 0.265 e. The van der Waals surface area contributed by atoms with E-state index in [1.54, 1.807) is 6.07 Å². The number of fused-ring (bicyclic) bond motifs is 4. The zero-order valence-electron chi connectivity index (χ0n) is 16.1. The number of para-hydroxylation sites is 3. The van der Waals surface area contributed by atoms with Gasteiger partial charge in [0.05, 0.1) is 30.2 Å². The van der Waals surface area contributed by atoms with Crippen LogP contribution in [0.3, 0.4) is 0 Å². The fourth-order valence-corrected chi connectivity index (χ4v) is 3.79. The second-order valence-corrected chi connectivity index (χ2v) is 7.17. The van der Waals surface area contributed by atoms with Crippen LogP contribution in [0, 0.1) is 6.92 Å². The molecule has 2 aliphatic rings. The Kier molecular flexibility index (Phi) is 4.31. The molecule has 0 saturated heterocycles. The smallest absolute Gasteiger partial charge is 0.265 e. The Labute approximate surface area is 168 Å². The maximum absolute atomic E-state index is 12.7. The molecule has 1 aromatic heterocycles. The Morgan fingerprint density at radius 3 is 2.79 bits per heavy atom. The first kappa shape index (κ1) is 17.6. The standard InChI is InChI=1S/C23H21N3O3/c1-15-10-11-19-17(24-12-16-6-2-3-7-18(16)26(15)19)13-25-23(27)22-14-28-20-8-4-5-9-21(20)29-22/h2-11,22H,12-14H2,1H3,(H,25,27)/t22-/m0/s1. The highest BCUT2D eigenvalue weighted by Gasteiger charge is 2.28. The van der Waals surface area contributed by atoms with Gasteiger partial charge in [-0.25, -0.2) is 0 Å². The molecule has 0 saturated carbocycles. The van der Waals surface area contributed by atoms with Gasteiger partial charge in [0.25, 0.3) is 5.91 Å². The summed E-state index contributed by atoms with van der Waals surface area (Å²) in [6.45, 7) is 3.18. The number of aryl methyl sites for hydroxylation is 1. The number of carbonyl (C=O) groups excluding carboxylic acids is 1. The third kappa shape index (κ3) is 3.16. The largest absolute Gasteiger partial charge is 0.485 e. The van der Waals surface area contributed by atoms with E-state index in [4.69, 9.17) is 14.5 Å². The van der Waals surface area contributed by atoms with Gasteiger partial charge < -0.3 is 19.4 Å². The van der Waals surface area contributed by atoms with Crippen LogP contribution >= 0.6 is 0 Å². The topological polar surface area (TPSA) is 64.9 Å². The highest BCUT2D eigenvalue weighted by Crippen LogP contribution is 2.31. The van der Waals surface area contributed by atoms with E-state index in [-0.39, 0.29) is 12.5 Å². The van der Waals surface area contributed by atoms with Crippen molar-refractivity contribution >= 4 is 11.6 Å². The molecule has 146 valence electrons. The molecule has 3 aromatic rings. The number of nitrogens with zero attached hydrogens (tertiary/aromatic N) is 2. The normalized spacial score (nSPS) is 16.9. The van der Waals surface area contributed by atoms with E-state index in [1.165, 1.54) is 0 Å². The van der Waals surface area contributed by atoms with Gasteiger partial charge in [0.1, 0.15) is 6.61 Å². The summed E-state index contributed by atoms with van der Waals surface area (Å²) in [6, 6.07) is 19.8. The Balaban J connectivity index is 1.34. The molecule has 5 rings (SSSR count). The van der Waals surface area contributed by atoms with E-state index in [9.17, 15) is 4.79 Å². The van der Waals surface area contributed by atoms with Crippen molar-refractivity contribution in [2.24, 2.45) is 4.99 Å². The highest BCUT2D eigenvalue weighted by atomic mass is 16.6. The van der Waals surface area contributed by atoms with Crippen molar-refractivity contribution in [2.45, 2.75) is 19.6 Å². The van der Waals surface area contributed by atoms with Crippen molar-refractivity contribution in [3.8, 4) is 17.2 Å². The minimum absolute atomic E-state index is 0.191. The first-order valence-corrected chi connectivity index (χ1v) is 9.67. The second kappa shape index (κ2) is 7.13. The van der Waals surface area contributed by atoms with Crippen molar-refractivity contribution in [2.75, 3.05) is 13.2 Å². The SMILES string of the molecule is Cc1ccc2n1-c1ccccc1CN=C2CNC(=O)[C@@H]1COc2ccccc2O1. The van der Waals surface area contributed by atoms with Crippen LogP contribution in [-0.2, 0) is 11.3 Å². The minimum atomic E-state index is -0.679. The van der Waals surface area contributed by atoms with E-state index in [0.717, 1.165) is 28.4 Å². The van der Waals surface area contributed by atoms with Gasteiger partial charge in [-0.3, -0.25) is 9.79 Å². The molecule has 1 amide bonds. The molecule has 0 unspecified atom stereocenters. The summed E-state index contributed by atoms with van der Waals surface area (Å²) < 4.78 is 13.6. The molecule has 1 N–H and O–H groups in total. The molecule has 3 heterocycles. The minimum Gasteiger partial charge on any atom is -0.485 e. The zero-order valence-corrected chi connectivity index (χ0v) is 16.1. The molecular formula is C23H21N3O3. The van der Waals surface area contributed by atoms with Crippen molar-refractivity contribution < 1.29 is 14.3 Å². The second-order valence-electron chi connectivity index (χ2n) is 7.17. The molecule has 1 atom stereocenters. The van der Waals surface area contributed by atoms with Crippen molar-refractivity contribution in [3.05, 3.63) is 77.6 Å². The molecular weight excluding hydrogens is 366 g/mol. The van der Waals surface area contributed by atoms with Gasteiger partial charge in [-0.15, -0.1) is 0 Å². The predicted octanol–water partition coefficient (Wildman–Crippen LogP) is 3.04. The summed E-state index contributed by atoms with van der Waals surface area (Å²) in [6.07, 6.45) is -0.679. The quantitative estimate of drug-likeness (QED) is 0.751. The summed E-state index contributed by atoms with van der Waals surface area (Å²) in [5.41, 5.74) is 5.28. The summed E-state index contributed by atoms with van der Waals surface area (Å²) in [5.74, 6) is 1.04. The Morgan fingerprint density at radius 1 is 1.10 bits per heavy atom. The lowest BCUT2D eigenvalue weighted by Crippen LogP contribution is -2.45. The summed E-state index contributed by atoms with van der Waals surface area (Å²) in [4.78, 5) is 17.5. The van der Waals surface area contributed by atoms with Crippen LogP contribution in [-0.4, -0.2) is 35.4 Å². The number of benzene rings is 2. The summed E-state index contributed by atoms with van der Waals surface area (Å²) >= 11 is 0. The predicted molar refractivity (Wildman–Crippen MR) is 110 cm³/mol. The third-order valence-corrected chi connectivity index (χ3v) is 5.28. The van der Waals surface area contributed by atoms with Gasteiger partial charge in [0.2, 0.25) is 6.10 Å². The number of carbonyl (C=O) groups is 1. The molecule has 0 radical (unpaired) electrons. The van der Waals surface area contributed by atoms with Crippen molar-refractivity contribution in [3.63, 3.8) is 0 Å². The van der Waals surface area contributed by atoms with E-state index in [1.807, 2.05) is 30.3 Å². The van der Waals surface area contributed by atoms with E-state index in [0.29, 0.717) is 24.6 Å². The fraction of sp³-hybridized carbons (Fsp3) is 0.217. The summed E-state index contributed by atoms with van der Waals surface area (Å²) in [5, 5.41) is 2.97. The Morgan fingerprint density at radius 2 is 1.90 bits per heavy atom. The molecule has 0 spiro atoms. The van der Waals surface area contributed by atoms with Crippen LogP contribution in [0.5, 0.6) is 11.5 Å². The number of hydrogen-bond donors (Lipinski definition) is 1. The third-order valence-electron chi connectivity index (χ3n) is 5.28. The number of aliphatic imine (C=N–C) groups is 1. The average Bonchev–Trinajstić information content (AvgIpc) is 3.06.